The normalized spacial score (nSPS) is 15.2. The van der Waals surface area contributed by atoms with Crippen molar-refractivity contribution in [3.05, 3.63) is 59.7 Å². The van der Waals surface area contributed by atoms with Gasteiger partial charge in [0.15, 0.2) is 0 Å². The van der Waals surface area contributed by atoms with Crippen LogP contribution in [0, 0.1) is 0 Å². The quantitative estimate of drug-likeness (QED) is 0.342. The number of ether oxygens (including phenoxy) is 2. The minimum atomic E-state index is -0.0960. The zero-order valence-corrected chi connectivity index (χ0v) is 24.3. The second-order valence-electron chi connectivity index (χ2n) is 10.6. The zero-order chi connectivity index (χ0) is 29.6. The number of amides is 4. The molecule has 0 aliphatic carbocycles. The van der Waals surface area contributed by atoms with Gasteiger partial charge >= 0.3 is 0 Å². The van der Waals surface area contributed by atoms with Crippen LogP contribution in [-0.4, -0.2) is 86.0 Å². The van der Waals surface area contributed by atoms with Gasteiger partial charge in [-0.3, -0.25) is 19.2 Å². The molecular weight excluding hydrogens is 536 g/mol. The molecule has 2 heterocycles. The lowest BCUT2D eigenvalue weighted by atomic mass is 10.1. The predicted octanol–water partition coefficient (Wildman–Crippen LogP) is 4.33. The lowest BCUT2D eigenvalue weighted by Crippen LogP contribution is -2.41. The van der Waals surface area contributed by atoms with Gasteiger partial charge in [-0.05, 0) is 37.1 Å². The lowest BCUT2D eigenvalue weighted by molar-refractivity contribution is -0.117. The van der Waals surface area contributed by atoms with E-state index in [1.807, 2.05) is 12.1 Å². The summed E-state index contributed by atoms with van der Waals surface area (Å²) in [6.07, 6.45) is 6.13. The summed E-state index contributed by atoms with van der Waals surface area (Å²) in [5.41, 5.74) is 2.10. The van der Waals surface area contributed by atoms with E-state index in [9.17, 15) is 19.2 Å². The number of para-hydroxylation sites is 2. The Morgan fingerprint density at radius 1 is 0.548 bits per heavy atom. The van der Waals surface area contributed by atoms with E-state index in [1.165, 1.54) is 0 Å². The van der Waals surface area contributed by atoms with Gasteiger partial charge in [0, 0.05) is 39.0 Å². The van der Waals surface area contributed by atoms with Crippen molar-refractivity contribution < 1.29 is 28.7 Å². The summed E-state index contributed by atoms with van der Waals surface area (Å²) in [5, 5.41) is 5.82. The fourth-order valence-electron chi connectivity index (χ4n) is 5.13. The lowest BCUT2D eigenvalue weighted by Gasteiger charge is -2.27. The van der Waals surface area contributed by atoms with Gasteiger partial charge in [-0.25, -0.2) is 0 Å². The number of nitrogens with zero attached hydrogens (tertiary/aromatic N) is 2. The van der Waals surface area contributed by atoms with Crippen molar-refractivity contribution in [1.82, 2.24) is 9.80 Å². The molecule has 2 aliphatic heterocycles. The van der Waals surface area contributed by atoms with E-state index in [0.29, 0.717) is 87.9 Å². The molecule has 0 radical (unpaired) electrons. The molecular formula is C32H42N4O6. The van der Waals surface area contributed by atoms with E-state index in [4.69, 9.17) is 9.47 Å². The van der Waals surface area contributed by atoms with Gasteiger partial charge in [0.05, 0.1) is 48.9 Å². The molecule has 4 rings (SSSR count). The van der Waals surface area contributed by atoms with E-state index >= 15 is 0 Å². The standard InChI is InChI=1S/C32H42N4O6/c37-29(33-27-13-9-7-11-25(27)31(39)35-17-21-41-22-18-35)15-5-3-1-2-4-6-16-30(38)34-28-14-10-8-12-26(28)32(40)36-19-23-42-24-20-36/h7-14H,1-6,15-24H2,(H,33,37)(H,34,38). The molecule has 2 aromatic rings. The van der Waals surface area contributed by atoms with Crippen LogP contribution >= 0.6 is 0 Å². The van der Waals surface area contributed by atoms with Crippen LogP contribution in [0.5, 0.6) is 0 Å². The van der Waals surface area contributed by atoms with E-state index in [1.54, 1.807) is 46.2 Å². The summed E-state index contributed by atoms with van der Waals surface area (Å²) in [7, 11) is 0. The van der Waals surface area contributed by atoms with Gasteiger partial charge in [-0.1, -0.05) is 49.9 Å². The van der Waals surface area contributed by atoms with Crippen LogP contribution < -0.4 is 10.6 Å². The molecule has 42 heavy (non-hydrogen) atoms. The van der Waals surface area contributed by atoms with Gasteiger partial charge in [0.2, 0.25) is 11.8 Å². The first kappa shape index (κ1) is 31.2. The monoisotopic (exact) mass is 578 g/mol. The van der Waals surface area contributed by atoms with E-state index in [-0.39, 0.29) is 23.6 Å². The first-order valence-electron chi connectivity index (χ1n) is 15.0. The molecule has 4 amide bonds. The molecule has 0 atom stereocenters. The minimum Gasteiger partial charge on any atom is -0.378 e. The summed E-state index contributed by atoms with van der Waals surface area (Å²) < 4.78 is 10.7. The highest BCUT2D eigenvalue weighted by Crippen LogP contribution is 2.20. The maximum Gasteiger partial charge on any atom is 0.256 e. The van der Waals surface area contributed by atoms with Crippen LogP contribution in [-0.2, 0) is 19.1 Å². The summed E-state index contributed by atoms with van der Waals surface area (Å²) in [6.45, 7) is 4.32. The third-order valence-electron chi connectivity index (χ3n) is 7.52. The fraction of sp³-hybridized carbons (Fsp3) is 0.500. The highest BCUT2D eigenvalue weighted by atomic mass is 16.5. The van der Waals surface area contributed by atoms with Gasteiger partial charge < -0.3 is 29.9 Å². The number of morpholine rings is 2. The third kappa shape index (κ3) is 9.39. The molecule has 0 saturated carbocycles. The van der Waals surface area contributed by atoms with E-state index in [0.717, 1.165) is 38.5 Å². The molecule has 2 aliphatic rings. The van der Waals surface area contributed by atoms with Crippen molar-refractivity contribution in [2.45, 2.75) is 51.4 Å². The molecule has 226 valence electrons. The molecule has 0 aromatic heterocycles. The topological polar surface area (TPSA) is 117 Å². The molecule has 0 spiro atoms. The molecule has 2 aromatic carbocycles. The number of carbonyl (C=O) groups excluding carboxylic acids is 4. The van der Waals surface area contributed by atoms with Crippen molar-refractivity contribution in [3.8, 4) is 0 Å². The second-order valence-corrected chi connectivity index (χ2v) is 10.6. The molecule has 2 N–H and O–H groups in total. The predicted molar refractivity (Wildman–Crippen MR) is 161 cm³/mol. The Morgan fingerprint density at radius 2 is 0.905 bits per heavy atom. The molecule has 2 fully saturated rings. The number of nitrogens with one attached hydrogen (secondary N) is 2. The van der Waals surface area contributed by atoms with Gasteiger partial charge in [-0.15, -0.1) is 0 Å². The minimum absolute atomic E-state index is 0.0893. The Balaban J connectivity index is 1.09. The average Bonchev–Trinajstić information content (AvgIpc) is 3.03. The van der Waals surface area contributed by atoms with Crippen molar-refractivity contribution in [1.29, 1.82) is 0 Å². The Morgan fingerprint density at radius 3 is 1.31 bits per heavy atom. The summed E-state index contributed by atoms with van der Waals surface area (Å²) in [6, 6.07) is 14.3. The number of carbonyl (C=O) groups is 4. The number of rotatable bonds is 13. The first-order valence-corrected chi connectivity index (χ1v) is 15.0. The molecule has 2 saturated heterocycles. The Hall–Kier alpha value is -3.76. The van der Waals surface area contributed by atoms with Crippen LogP contribution in [0.15, 0.2) is 48.5 Å². The number of hydrogen-bond acceptors (Lipinski definition) is 6. The zero-order valence-electron chi connectivity index (χ0n) is 24.3. The van der Waals surface area contributed by atoms with Crippen LogP contribution in [0.3, 0.4) is 0 Å². The van der Waals surface area contributed by atoms with Crippen LogP contribution in [0.1, 0.15) is 72.1 Å². The molecule has 0 bridgehead atoms. The highest BCUT2D eigenvalue weighted by molar-refractivity contribution is 6.04. The van der Waals surface area contributed by atoms with Gasteiger partial charge in [0.25, 0.3) is 11.8 Å². The van der Waals surface area contributed by atoms with E-state index < -0.39 is 0 Å². The summed E-state index contributed by atoms with van der Waals surface area (Å²) >= 11 is 0. The highest BCUT2D eigenvalue weighted by Gasteiger charge is 2.22. The van der Waals surface area contributed by atoms with Gasteiger partial charge in [0.1, 0.15) is 0 Å². The van der Waals surface area contributed by atoms with Crippen molar-refractivity contribution in [3.63, 3.8) is 0 Å². The Labute approximate surface area is 247 Å². The number of hydrogen-bond donors (Lipinski definition) is 2. The maximum atomic E-state index is 12.9. The Bertz CT molecular complexity index is 1110. The fourth-order valence-corrected chi connectivity index (χ4v) is 5.13. The maximum absolute atomic E-state index is 12.9. The van der Waals surface area contributed by atoms with Crippen LogP contribution in [0.4, 0.5) is 11.4 Å². The summed E-state index contributed by atoms with van der Waals surface area (Å²) in [5.74, 6) is -0.371. The second kappa shape index (κ2) is 16.6. The van der Waals surface area contributed by atoms with E-state index in [2.05, 4.69) is 10.6 Å². The number of unbranched alkanes of at least 4 members (excludes halogenated alkanes) is 5. The third-order valence-corrected chi connectivity index (χ3v) is 7.52. The molecule has 10 heteroatoms. The van der Waals surface area contributed by atoms with Crippen molar-refractivity contribution >= 4 is 35.0 Å². The smallest absolute Gasteiger partial charge is 0.256 e. The number of benzene rings is 2. The first-order chi connectivity index (χ1) is 20.5. The van der Waals surface area contributed by atoms with Crippen molar-refractivity contribution in [2.24, 2.45) is 0 Å². The SMILES string of the molecule is O=C(CCCCCCCCC(=O)Nc1ccccc1C(=O)N1CCOCC1)Nc1ccccc1C(=O)N1CCOCC1. The Kier molecular flexibility index (Phi) is 12.3. The molecule has 0 unspecified atom stereocenters. The molecule has 10 nitrogen and oxygen atoms in total. The van der Waals surface area contributed by atoms with Crippen molar-refractivity contribution in [2.75, 3.05) is 63.2 Å². The van der Waals surface area contributed by atoms with Crippen LogP contribution in [0.25, 0.3) is 0 Å². The van der Waals surface area contributed by atoms with Gasteiger partial charge in [-0.2, -0.15) is 0 Å². The number of anilines is 2. The van der Waals surface area contributed by atoms with Crippen LogP contribution in [0.2, 0.25) is 0 Å². The average molecular weight is 579 g/mol. The summed E-state index contributed by atoms with van der Waals surface area (Å²) in [4.78, 5) is 54.4. The largest absolute Gasteiger partial charge is 0.378 e.